The van der Waals surface area contributed by atoms with E-state index in [-0.39, 0.29) is 11.7 Å². The van der Waals surface area contributed by atoms with Crippen molar-refractivity contribution in [2.24, 2.45) is 0 Å². The largest absolute Gasteiger partial charge is 0.618 e. The third-order valence-electron chi connectivity index (χ3n) is 4.24. The van der Waals surface area contributed by atoms with E-state index in [1.165, 1.54) is 6.20 Å². The number of hydrogen-bond donors (Lipinski definition) is 1. The molecule has 7 heteroatoms. The maximum absolute atomic E-state index is 12.5. The Hall–Kier alpha value is -3.24. The van der Waals surface area contributed by atoms with E-state index < -0.39 is 0 Å². The second-order valence-corrected chi connectivity index (χ2v) is 6.91. The minimum atomic E-state index is -0.282. The number of nitrogens with zero attached hydrogens (tertiary/aromatic N) is 3. The number of nitriles is 1. The van der Waals surface area contributed by atoms with Gasteiger partial charge in [-0.05, 0) is 49.4 Å². The SMILES string of the molecule is Cc1c(C#N)c(NC(=O)CSc2cccc[n+]2[O-])n(-c2ccccc2)c1C. The number of carbonyl (C=O) groups excluding carboxylic acids is 1. The highest BCUT2D eigenvalue weighted by Crippen LogP contribution is 2.30. The molecule has 3 rings (SSSR count). The van der Waals surface area contributed by atoms with Gasteiger partial charge in [0.1, 0.15) is 11.9 Å². The van der Waals surface area contributed by atoms with E-state index in [0.717, 1.165) is 33.4 Å². The minimum Gasteiger partial charge on any atom is -0.618 e. The van der Waals surface area contributed by atoms with Gasteiger partial charge in [-0.15, -0.1) is 0 Å². The van der Waals surface area contributed by atoms with Crippen molar-refractivity contribution in [3.8, 4) is 11.8 Å². The third-order valence-corrected chi connectivity index (χ3v) is 5.26. The first-order chi connectivity index (χ1) is 13.0. The highest BCUT2D eigenvalue weighted by Gasteiger charge is 2.21. The Morgan fingerprint density at radius 1 is 1.22 bits per heavy atom. The van der Waals surface area contributed by atoms with Crippen molar-refractivity contribution in [3.63, 3.8) is 0 Å². The van der Waals surface area contributed by atoms with Crippen molar-refractivity contribution in [2.75, 3.05) is 11.1 Å². The number of aromatic nitrogens is 2. The molecule has 0 aliphatic carbocycles. The minimum absolute atomic E-state index is 0.0647. The molecule has 1 aromatic carbocycles. The second-order valence-electron chi connectivity index (χ2n) is 5.92. The van der Waals surface area contributed by atoms with E-state index in [0.29, 0.717) is 16.4 Å². The van der Waals surface area contributed by atoms with E-state index in [9.17, 15) is 15.3 Å². The quantitative estimate of drug-likeness (QED) is 0.419. The van der Waals surface area contributed by atoms with Gasteiger partial charge < -0.3 is 10.5 Å². The summed E-state index contributed by atoms with van der Waals surface area (Å²) < 4.78 is 2.59. The lowest BCUT2D eigenvalue weighted by Gasteiger charge is -2.13. The Labute approximate surface area is 161 Å². The number of para-hydroxylation sites is 1. The van der Waals surface area contributed by atoms with Crippen LogP contribution in [0, 0.1) is 30.4 Å². The summed E-state index contributed by atoms with van der Waals surface area (Å²) in [4.78, 5) is 12.5. The van der Waals surface area contributed by atoms with Gasteiger partial charge in [-0.1, -0.05) is 18.2 Å². The lowest BCUT2D eigenvalue weighted by Crippen LogP contribution is -2.28. The van der Waals surface area contributed by atoms with Crippen LogP contribution in [0.25, 0.3) is 5.69 Å². The van der Waals surface area contributed by atoms with Gasteiger partial charge in [0, 0.05) is 23.5 Å². The number of thioether (sulfide) groups is 1. The van der Waals surface area contributed by atoms with Gasteiger partial charge in [0.2, 0.25) is 5.91 Å². The number of rotatable bonds is 5. The first-order valence-corrected chi connectivity index (χ1v) is 9.29. The molecular formula is C20H18N4O2S. The molecule has 0 saturated heterocycles. The topological polar surface area (TPSA) is 84.8 Å². The number of benzene rings is 1. The predicted octanol–water partition coefficient (Wildman–Crippen LogP) is 3.33. The zero-order valence-corrected chi connectivity index (χ0v) is 15.8. The number of anilines is 1. The van der Waals surface area contributed by atoms with Crippen LogP contribution in [0.1, 0.15) is 16.8 Å². The first-order valence-electron chi connectivity index (χ1n) is 8.31. The third kappa shape index (κ3) is 3.81. The molecule has 2 heterocycles. The van der Waals surface area contributed by atoms with Crippen LogP contribution in [0.5, 0.6) is 0 Å². The van der Waals surface area contributed by atoms with Crippen LogP contribution in [0.4, 0.5) is 5.82 Å². The Morgan fingerprint density at radius 2 is 1.93 bits per heavy atom. The van der Waals surface area contributed by atoms with Crippen molar-refractivity contribution in [2.45, 2.75) is 18.9 Å². The van der Waals surface area contributed by atoms with Gasteiger partial charge in [-0.2, -0.15) is 9.99 Å². The fourth-order valence-electron chi connectivity index (χ4n) is 2.79. The summed E-state index contributed by atoms with van der Waals surface area (Å²) in [5, 5.41) is 24.6. The van der Waals surface area contributed by atoms with Crippen molar-refractivity contribution in [3.05, 3.63) is 76.8 Å². The molecule has 0 aliphatic rings. The molecule has 0 fully saturated rings. The zero-order chi connectivity index (χ0) is 19.4. The lowest BCUT2D eigenvalue weighted by molar-refractivity contribution is -0.645. The van der Waals surface area contributed by atoms with Gasteiger partial charge in [-0.25, -0.2) is 0 Å². The average Bonchev–Trinajstić information content (AvgIpc) is 2.91. The summed E-state index contributed by atoms with van der Waals surface area (Å²) in [5.41, 5.74) is 3.02. The highest BCUT2D eigenvalue weighted by atomic mass is 32.2. The summed E-state index contributed by atoms with van der Waals surface area (Å²) >= 11 is 1.15. The van der Waals surface area contributed by atoms with E-state index in [2.05, 4.69) is 11.4 Å². The van der Waals surface area contributed by atoms with Crippen LogP contribution in [-0.2, 0) is 4.79 Å². The number of pyridine rings is 1. The molecule has 3 aromatic rings. The van der Waals surface area contributed by atoms with Crippen LogP contribution in [0.2, 0.25) is 0 Å². The fourth-order valence-corrected chi connectivity index (χ4v) is 3.51. The van der Waals surface area contributed by atoms with Crippen molar-refractivity contribution in [1.82, 2.24) is 4.57 Å². The molecule has 0 bridgehead atoms. The predicted molar refractivity (Wildman–Crippen MR) is 105 cm³/mol. The number of amides is 1. The molecule has 0 aliphatic heterocycles. The van der Waals surface area contributed by atoms with Gasteiger partial charge in [-0.3, -0.25) is 9.36 Å². The Kier molecular flexibility index (Phi) is 5.48. The summed E-state index contributed by atoms with van der Waals surface area (Å²) in [6.45, 7) is 3.78. The molecule has 0 spiro atoms. The second kappa shape index (κ2) is 7.98. The van der Waals surface area contributed by atoms with E-state index in [4.69, 9.17) is 0 Å². The zero-order valence-electron chi connectivity index (χ0n) is 15.0. The smallest absolute Gasteiger partial charge is 0.251 e. The standard InChI is InChI=1S/C20H18N4O2S/c1-14-15(2)24(16-8-4-3-5-9-16)20(17(14)12-21)22-18(25)13-27-19-10-6-7-11-23(19)26/h3-11H,13H2,1-2H3,(H,22,25). The van der Waals surface area contributed by atoms with Crippen molar-refractivity contribution < 1.29 is 9.52 Å². The summed E-state index contributed by atoms with van der Waals surface area (Å²) in [5.74, 6) is 0.234. The molecule has 0 radical (unpaired) electrons. The van der Waals surface area contributed by atoms with Gasteiger partial charge in [0.15, 0.2) is 6.20 Å². The van der Waals surface area contributed by atoms with Crippen LogP contribution >= 0.6 is 11.8 Å². The van der Waals surface area contributed by atoms with E-state index >= 15 is 0 Å². The van der Waals surface area contributed by atoms with Crippen molar-refractivity contribution >= 4 is 23.5 Å². The summed E-state index contributed by atoms with van der Waals surface area (Å²) in [7, 11) is 0. The van der Waals surface area contributed by atoms with Crippen molar-refractivity contribution in [1.29, 1.82) is 5.26 Å². The number of carbonyl (C=O) groups is 1. The molecule has 136 valence electrons. The normalized spacial score (nSPS) is 10.4. The molecule has 0 unspecified atom stereocenters. The summed E-state index contributed by atoms with van der Waals surface area (Å²) in [6.07, 6.45) is 1.39. The monoisotopic (exact) mass is 378 g/mol. The highest BCUT2D eigenvalue weighted by molar-refractivity contribution is 7.99. The Balaban J connectivity index is 1.88. The maximum atomic E-state index is 12.5. The van der Waals surface area contributed by atoms with E-state index in [1.54, 1.807) is 18.2 Å². The summed E-state index contributed by atoms with van der Waals surface area (Å²) in [6, 6.07) is 16.8. The average molecular weight is 378 g/mol. The lowest BCUT2D eigenvalue weighted by atomic mass is 10.2. The molecule has 0 atom stereocenters. The van der Waals surface area contributed by atoms with E-state index in [1.807, 2.05) is 48.7 Å². The molecule has 0 saturated carbocycles. The maximum Gasteiger partial charge on any atom is 0.251 e. The van der Waals surface area contributed by atoms with Crippen LogP contribution in [0.15, 0.2) is 59.8 Å². The van der Waals surface area contributed by atoms with Gasteiger partial charge in [0.25, 0.3) is 5.03 Å². The molecular weight excluding hydrogens is 360 g/mol. The van der Waals surface area contributed by atoms with Crippen LogP contribution in [0.3, 0.4) is 0 Å². The van der Waals surface area contributed by atoms with Gasteiger partial charge >= 0.3 is 0 Å². The molecule has 1 N–H and O–H groups in total. The van der Waals surface area contributed by atoms with Crippen LogP contribution in [-0.4, -0.2) is 16.2 Å². The molecule has 2 aromatic heterocycles. The Morgan fingerprint density at radius 3 is 2.59 bits per heavy atom. The Bertz CT molecular complexity index is 1020. The van der Waals surface area contributed by atoms with Crippen LogP contribution < -0.4 is 10.0 Å². The number of nitrogens with one attached hydrogen (secondary N) is 1. The molecule has 27 heavy (non-hydrogen) atoms. The molecule has 6 nitrogen and oxygen atoms in total. The number of hydrogen-bond acceptors (Lipinski definition) is 4. The van der Waals surface area contributed by atoms with Gasteiger partial charge in [0.05, 0.1) is 11.3 Å². The fraction of sp³-hybridized carbons (Fsp3) is 0.150. The molecule has 1 amide bonds. The first kappa shape index (κ1) is 18.5.